The Balaban J connectivity index is 1.35. The fourth-order valence-corrected chi connectivity index (χ4v) is 7.04. The second kappa shape index (κ2) is 11.2. The van der Waals surface area contributed by atoms with Crippen molar-refractivity contribution in [3.8, 4) is 0 Å². The predicted octanol–water partition coefficient (Wildman–Crippen LogP) is 0.903. The molecule has 6 heterocycles. The van der Waals surface area contributed by atoms with Crippen LogP contribution in [0.4, 0.5) is 13.2 Å². The van der Waals surface area contributed by atoms with E-state index >= 15 is 13.2 Å². The van der Waals surface area contributed by atoms with E-state index in [0.717, 1.165) is 22.1 Å². The number of ether oxygens (including phenoxy) is 1. The lowest BCUT2D eigenvalue weighted by atomic mass is 10.1. The highest BCUT2D eigenvalue weighted by Crippen LogP contribution is 2.55. The lowest BCUT2D eigenvalue weighted by Crippen LogP contribution is -2.53. The van der Waals surface area contributed by atoms with Crippen LogP contribution in [0, 0.1) is 5.41 Å². The number of hydrogen-bond donors (Lipinski definition) is 4. The number of nitrogens with zero attached hydrogens (tertiary/aromatic N) is 7. The number of amidine groups is 1. The molecule has 3 unspecified atom stereocenters. The number of hydrogen-bond acceptors (Lipinski definition) is 14. The summed E-state index contributed by atoms with van der Waals surface area (Å²) >= 11 is 8.84. The molecule has 7 atom stereocenters. The molecule has 24 heteroatoms. The maximum Gasteiger partial charge on any atom is 0.386 e. The first-order valence-corrected chi connectivity index (χ1v) is 17.4. The molecule has 0 radical (unpaired) electrons. The molecule has 0 aromatic carbocycles. The Labute approximate surface area is 249 Å². The van der Waals surface area contributed by atoms with Gasteiger partial charge in [0.1, 0.15) is 43.1 Å². The molecule has 0 spiro atoms. The number of rotatable bonds is 1. The van der Waals surface area contributed by atoms with E-state index in [1.807, 2.05) is 0 Å². The molecule has 2 aromatic heterocycles. The van der Waals surface area contributed by atoms with Gasteiger partial charge in [0.15, 0.2) is 29.9 Å². The van der Waals surface area contributed by atoms with Gasteiger partial charge in [0.05, 0.1) is 25.7 Å². The van der Waals surface area contributed by atoms with E-state index in [1.165, 1.54) is 6.20 Å². The Kier molecular flexibility index (Phi) is 7.98. The summed E-state index contributed by atoms with van der Waals surface area (Å²) in [5.41, 5.74) is 0.0845. The van der Waals surface area contributed by atoms with Crippen molar-refractivity contribution in [3.05, 3.63) is 18.3 Å². The number of fused-ring (bicyclic) bond motifs is 6. The number of thiol groups is 1. The van der Waals surface area contributed by atoms with Gasteiger partial charge in [-0.2, -0.15) is 4.99 Å². The van der Waals surface area contributed by atoms with Gasteiger partial charge >= 0.3 is 13.5 Å². The van der Waals surface area contributed by atoms with Crippen LogP contribution in [-0.2, 0) is 57.1 Å². The fourth-order valence-electron chi connectivity index (χ4n) is 4.58. The van der Waals surface area contributed by atoms with Crippen molar-refractivity contribution >= 4 is 72.8 Å². The van der Waals surface area contributed by atoms with Crippen LogP contribution in [0.2, 0.25) is 0 Å². The predicted molar refractivity (Wildman–Crippen MR) is 146 cm³/mol. The van der Waals surface area contributed by atoms with Crippen LogP contribution in [0.25, 0.3) is 11.2 Å². The Bertz CT molecular complexity index is 1650. The number of aromatic nitrogens is 4. The van der Waals surface area contributed by atoms with Crippen molar-refractivity contribution in [3.63, 3.8) is 0 Å². The van der Waals surface area contributed by atoms with Crippen LogP contribution in [0.15, 0.2) is 22.5 Å². The average molecular weight is 686 g/mol. The molecule has 0 aliphatic carbocycles. The molecule has 4 aliphatic rings. The van der Waals surface area contributed by atoms with Gasteiger partial charge in [0.2, 0.25) is 5.96 Å². The van der Waals surface area contributed by atoms with Gasteiger partial charge in [-0.25, -0.2) is 32.7 Å². The summed E-state index contributed by atoms with van der Waals surface area (Å²) < 4.78 is 86.2. The van der Waals surface area contributed by atoms with E-state index in [1.54, 1.807) is 0 Å². The summed E-state index contributed by atoms with van der Waals surface area (Å²) in [5, 5.41) is 9.94. The third-order valence-corrected chi connectivity index (χ3v) is 9.60. The van der Waals surface area contributed by atoms with Crippen LogP contribution in [0.3, 0.4) is 0 Å². The third kappa shape index (κ3) is 6.26. The molecule has 0 saturated carbocycles. The Morgan fingerprint density at radius 2 is 2.09 bits per heavy atom. The molecule has 1 amide bonds. The smallest absolute Gasteiger partial charge is 0.346 e. The SMILES string of the molecule is N=C1N=C2C(N=CN2[C@@H]2O[C@@H]3COP(=O)(S)OCC(F)(F)Cn4c(nc5cncnc54)COP(O)(=S)O[C@@H]2[C@H]3F)C(=O)N1. The molecule has 6 rings (SSSR count). The lowest BCUT2D eigenvalue weighted by Gasteiger charge is -2.31. The Morgan fingerprint density at radius 1 is 1.30 bits per heavy atom. The Morgan fingerprint density at radius 3 is 2.88 bits per heavy atom. The number of carbonyl (C=O) groups is 1. The highest BCUT2D eigenvalue weighted by atomic mass is 32.7. The molecule has 1 fully saturated rings. The molecule has 4 aliphatic heterocycles. The second-order valence-electron chi connectivity index (χ2n) is 9.44. The molecule has 2 bridgehead atoms. The first-order valence-electron chi connectivity index (χ1n) is 12.1. The van der Waals surface area contributed by atoms with Crippen LogP contribution in [0.1, 0.15) is 5.82 Å². The summed E-state index contributed by atoms with van der Waals surface area (Å²) in [6.07, 6.45) is -3.58. The number of nitrogens with one attached hydrogen (secondary N) is 2. The number of amides is 1. The zero-order valence-corrected chi connectivity index (χ0v) is 24.8. The first kappa shape index (κ1) is 30.6. The minimum Gasteiger partial charge on any atom is -0.346 e. The summed E-state index contributed by atoms with van der Waals surface area (Å²) in [5.74, 6) is -5.17. The van der Waals surface area contributed by atoms with E-state index in [0.29, 0.717) is 0 Å². The molecule has 17 nitrogen and oxygen atoms in total. The number of carbonyl (C=O) groups excluding carboxylic acids is 1. The first-order chi connectivity index (χ1) is 20.2. The monoisotopic (exact) mass is 685 g/mol. The number of halogens is 3. The molecule has 43 heavy (non-hydrogen) atoms. The van der Waals surface area contributed by atoms with E-state index in [2.05, 4.69) is 42.5 Å². The third-order valence-electron chi connectivity index (χ3n) is 6.44. The largest absolute Gasteiger partial charge is 0.386 e. The van der Waals surface area contributed by atoms with Crippen molar-refractivity contribution in [1.82, 2.24) is 29.7 Å². The van der Waals surface area contributed by atoms with E-state index < -0.39 is 88.3 Å². The Hall–Kier alpha value is -2.39. The maximum absolute atomic E-state index is 15.9. The normalized spacial score (nSPS) is 36.7. The number of alkyl halides is 3. The molecule has 232 valence electrons. The summed E-state index contributed by atoms with van der Waals surface area (Å²) in [6, 6.07) is -1.19. The lowest BCUT2D eigenvalue weighted by molar-refractivity contribution is -0.119. The minimum atomic E-state index is -4.51. The zero-order valence-electron chi connectivity index (χ0n) is 21.3. The van der Waals surface area contributed by atoms with Gasteiger partial charge in [-0.1, -0.05) is 12.2 Å². The van der Waals surface area contributed by atoms with Gasteiger partial charge in [0.25, 0.3) is 11.8 Å². The van der Waals surface area contributed by atoms with Crippen molar-refractivity contribution in [2.45, 2.75) is 49.7 Å². The van der Waals surface area contributed by atoms with Crippen molar-refractivity contribution in [2.24, 2.45) is 9.98 Å². The minimum absolute atomic E-state index is 0.0199. The standard InChI is InChI=1S/C19H20F3N9O8P2S2/c20-11-9-2-35-40(33,42)37-5-19(21,22)4-30-10(27-8-1-24-6-25-14(8)30)3-36-41(34,43)39-13(11)17(38-9)31-7-26-12-15(31)28-18(23)29-16(12)32/h1,6-7,9,11-13,17H,2-5H2,(H,33,42)(H,34,43)(H2,23,29,32)/t9-,11+,12?,13-,17-,40?,41?/m1/s1. The van der Waals surface area contributed by atoms with Crippen molar-refractivity contribution in [2.75, 3.05) is 13.2 Å². The fraction of sp³-hybridized carbons (Fsp3) is 0.526. The zero-order chi connectivity index (χ0) is 30.7. The highest BCUT2D eigenvalue weighted by molar-refractivity contribution is 8.44. The van der Waals surface area contributed by atoms with E-state index in [-0.39, 0.29) is 22.8 Å². The highest BCUT2D eigenvalue weighted by Gasteiger charge is 2.54. The quantitative estimate of drug-likeness (QED) is 0.243. The summed E-state index contributed by atoms with van der Waals surface area (Å²) in [4.78, 5) is 44.2. The number of guanidine groups is 1. The topological polar surface area (TPSA) is 208 Å². The van der Waals surface area contributed by atoms with Crippen molar-refractivity contribution < 1.29 is 50.3 Å². The van der Waals surface area contributed by atoms with Crippen LogP contribution in [-0.4, -0.2) is 103 Å². The summed E-state index contributed by atoms with van der Waals surface area (Å²) in [6.45, 7) is -12.9. The molecule has 2 aromatic rings. The van der Waals surface area contributed by atoms with Gasteiger partial charge in [-0.15, -0.1) is 0 Å². The van der Waals surface area contributed by atoms with Crippen LogP contribution >= 0.6 is 25.8 Å². The number of imidazole rings is 1. The van der Waals surface area contributed by atoms with Crippen molar-refractivity contribution in [1.29, 1.82) is 5.41 Å². The van der Waals surface area contributed by atoms with Gasteiger partial charge in [0, 0.05) is 0 Å². The van der Waals surface area contributed by atoms with E-state index in [4.69, 9.17) is 40.0 Å². The molecule has 1 saturated heterocycles. The van der Waals surface area contributed by atoms with Gasteiger partial charge in [-0.05, 0) is 11.8 Å². The molecule has 3 N–H and O–H groups in total. The average Bonchev–Trinajstić information content (AvgIpc) is 3.59. The van der Waals surface area contributed by atoms with E-state index in [9.17, 15) is 14.3 Å². The van der Waals surface area contributed by atoms with Crippen LogP contribution in [0.5, 0.6) is 0 Å². The molecular weight excluding hydrogens is 665 g/mol. The molecular formula is C19H20F3N9O8P2S2. The maximum atomic E-state index is 15.9. The van der Waals surface area contributed by atoms with Gasteiger partial charge in [-0.3, -0.25) is 39.0 Å². The summed E-state index contributed by atoms with van der Waals surface area (Å²) in [7, 11) is 0. The van der Waals surface area contributed by atoms with Gasteiger partial charge < -0.3 is 18.7 Å². The second-order valence-corrected chi connectivity index (χ2v) is 15.2. The van der Waals surface area contributed by atoms with Crippen LogP contribution < -0.4 is 5.32 Å². The number of aliphatic imine (C=N–C) groups is 2.